The van der Waals surface area contributed by atoms with E-state index in [4.69, 9.17) is 21.1 Å². The Kier molecular flexibility index (Phi) is 7.22. The number of carbonyl (C=O) groups is 2. The molecule has 35 heavy (non-hydrogen) atoms. The smallest absolute Gasteiger partial charge is 0.336 e. The maximum Gasteiger partial charge on any atom is 0.336 e. The lowest BCUT2D eigenvalue weighted by Gasteiger charge is -2.36. The van der Waals surface area contributed by atoms with Gasteiger partial charge in [-0.25, -0.2) is 4.79 Å². The Hall–Kier alpha value is -3.25. The number of halogens is 1. The summed E-state index contributed by atoms with van der Waals surface area (Å²) in [4.78, 5) is 26.5. The maximum atomic E-state index is 13.7. The lowest BCUT2D eigenvalue weighted by molar-refractivity contribution is -0.136. The number of methoxy groups -OCH3 is 1. The molecule has 1 aliphatic heterocycles. The standard InChI is InChI=1S/C28H30ClNO5/c1-5-16-7-9-17(10-8-16)18-12-21-26(22(31)13-18)25(24(15(3)30-21)28(33)34-4)19-11-20(29)27(32)23(14-19)35-6-2/h7-11,14,18,25,30,32H,5-6,12-13H2,1-4H3/t18-,25-/m0/s1. The summed E-state index contributed by atoms with van der Waals surface area (Å²) in [5.41, 5.74) is 5.25. The second kappa shape index (κ2) is 10.2. The van der Waals surface area contributed by atoms with Crippen LogP contribution in [0.15, 0.2) is 58.9 Å². The van der Waals surface area contributed by atoms with Gasteiger partial charge >= 0.3 is 5.97 Å². The highest BCUT2D eigenvalue weighted by Crippen LogP contribution is 2.48. The molecule has 7 heteroatoms. The third-order valence-corrected chi connectivity index (χ3v) is 7.06. The molecule has 1 aliphatic carbocycles. The Labute approximate surface area is 210 Å². The van der Waals surface area contributed by atoms with Crippen molar-refractivity contribution in [1.82, 2.24) is 5.32 Å². The first kappa shape index (κ1) is 24.9. The predicted molar refractivity (Wildman–Crippen MR) is 135 cm³/mol. The molecule has 184 valence electrons. The van der Waals surface area contributed by atoms with Crippen molar-refractivity contribution in [2.24, 2.45) is 0 Å². The largest absolute Gasteiger partial charge is 0.503 e. The number of nitrogens with one attached hydrogen (secondary N) is 1. The molecule has 1 heterocycles. The summed E-state index contributed by atoms with van der Waals surface area (Å²) in [6.45, 7) is 6.04. The van der Waals surface area contributed by atoms with Crippen molar-refractivity contribution in [1.29, 1.82) is 0 Å². The molecule has 0 unspecified atom stereocenters. The van der Waals surface area contributed by atoms with Gasteiger partial charge in [-0.3, -0.25) is 4.79 Å². The highest BCUT2D eigenvalue weighted by Gasteiger charge is 2.41. The van der Waals surface area contributed by atoms with Crippen LogP contribution in [0.25, 0.3) is 0 Å². The van der Waals surface area contributed by atoms with Crippen LogP contribution in [0.5, 0.6) is 11.5 Å². The first-order chi connectivity index (χ1) is 16.8. The second-order valence-corrected chi connectivity index (χ2v) is 9.29. The van der Waals surface area contributed by atoms with Crippen molar-refractivity contribution in [3.63, 3.8) is 0 Å². The van der Waals surface area contributed by atoms with E-state index in [1.807, 2.05) is 0 Å². The fraction of sp³-hybridized carbons (Fsp3) is 0.357. The highest BCUT2D eigenvalue weighted by molar-refractivity contribution is 6.32. The van der Waals surface area contributed by atoms with Gasteiger partial charge in [0.25, 0.3) is 0 Å². The number of hydrogen-bond donors (Lipinski definition) is 2. The van der Waals surface area contributed by atoms with Crippen LogP contribution in [0, 0.1) is 0 Å². The minimum Gasteiger partial charge on any atom is -0.503 e. The average Bonchev–Trinajstić information content (AvgIpc) is 2.85. The number of benzene rings is 2. The number of phenolic OH excluding ortho intramolecular Hbond substituents is 1. The van der Waals surface area contributed by atoms with E-state index in [-0.39, 0.29) is 28.2 Å². The Morgan fingerprint density at radius 2 is 1.86 bits per heavy atom. The number of esters is 1. The van der Waals surface area contributed by atoms with E-state index in [0.29, 0.717) is 41.9 Å². The molecule has 0 spiro atoms. The second-order valence-electron chi connectivity index (χ2n) is 8.89. The van der Waals surface area contributed by atoms with E-state index >= 15 is 0 Å². The van der Waals surface area contributed by atoms with Gasteiger partial charge in [0.2, 0.25) is 0 Å². The number of phenols is 1. The van der Waals surface area contributed by atoms with Gasteiger partial charge in [0.1, 0.15) is 0 Å². The predicted octanol–water partition coefficient (Wildman–Crippen LogP) is 5.54. The molecule has 0 bridgehead atoms. The summed E-state index contributed by atoms with van der Waals surface area (Å²) in [5, 5.41) is 13.8. The van der Waals surface area contributed by atoms with E-state index in [1.165, 1.54) is 12.7 Å². The zero-order valence-electron chi connectivity index (χ0n) is 20.4. The van der Waals surface area contributed by atoms with Gasteiger partial charge in [0.05, 0.1) is 24.3 Å². The van der Waals surface area contributed by atoms with Crippen LogP contribution in [0.2, 0.25) is 5.02 Å². The maximum absolute atomic E-state index is 13.7. The molecule has 0 aromatic heterocycles. The number of ether oxygens (including phenoxy) is 2. The number of dihydropyridines is 1. The SMILES string of the molecule is CCOc1cc([C@H]2C(C(=O)OC)=C(C)NC3=C2C(=O)C[C@@H](c2ccc(CC)cc2)C3)cc(Cl)c1O. The Morgan fingerprint density at radius 3 is 2.49 bits per heavy atom. The van der Waals surface area contributed by atoms with Crippen molar-refractivity contribution in [2.75, 3.05) is 13.7 Å². The van der Waals surface area contributed by atoms with Gasteiger partial charge in [0, 0.05) is 29.3 Å². The summed E-state index contributed by atoms with van der Waals surface area (Å²) in [7, 11) is 1.32. The number of carbonyl (C=O) groups excluding carboxylic acids is 2. The van der Waals surface area contributed by atoms with Crippen molar-refractivity contribution in [3.8, 4) is 11.5 Å². The lowest BCUT2D eigenvalue weighted by atomic mass is 9.71. The minimum atomic E-state index is -0.688. The Balaban J connectivity index is 1.82. The zero-order chi connectivity index (χ0) is 25.3. The monoisotopic (exact) mass is 495 g/mol. The summed E-state index contributed by atoms with van der Waals surface area (Å²) >= 11 is 6.33. The molecule has 0 saturated carbocycles. The molecule has 0 saturated heterocycles. The van der Waals surface area contributed by atoms with Crippen LogP contribution in [0.1, 0.15) is 62.1 Å². The topological polar surface area (TPSA) is 84.9 Å². The van der Waals surface area contributed by atoms with Crippen molar-refractivity contribution in [2.45, 2.75) is 51.9 Å². The molecule has 2 aromatic rings. The molecule has 0 fully saturated rings. The van der Waals surface area contributed by atoms with Gasteiger partial charge in [-0.2, -0.15) is 0 Å². The molecule has 2 aromatic carbocycles. The van der Waals surface area contributed by atoms with Crippen LogP contribution in [-0.4, -0.2) is 30.6 Å². The third kappa shape index (κ3) is 4.67. The van der Waals surface area contributed by atoms with Crippen LogP contribution in [0.4, 0.5) is 0 Å². The number of aryl methyl sites for hydroxylation is 1. The van der Waals surface area contributed by atoms with Crippen LogP contribution < -0.4 is 10.1 Å². The summed E-state index contributed by atoms with van der Waals surface area (Å²) in [6.07, 6.45) is 1.93. The van der Waals surface area contributed by atoms with Gasteiger partial charge in [-0.15, -0.1) is 0 Å². The van der Waals surface area contributed by atoms with Crippen molar-refractivity contribution >= 4 is 23.4 Å². The van der Waals surface area contributed by atoms with Crippen LogP contribution in [0.3, 0.4) is 0 Å². The summed E-state index contributed by atoms with van der Waals surface area (Å²) in [5.74, 6) is -1.19. The van der Waals surface area contributed by atoms with Gasteiger partial charge < -0.3 is 19.9 Å². The van der Waals surface area contributed by atoms with E-state index in [1.54, 1.807) is 26.0 Å². The lowest BCUT2D eigenvalue weighted by Crippen LogP contribution is -2.36. The molecule has 2 atom stereocenters. The molecule has 4 rings (SSSR count). The first-order valence-corrected chi connectivity index (χ1v) is 12.2. The van der Waals surface area contributed by atoms with Gasteiger partial charge in [-0.05, 0) is 61.4 Å². The molecular weight excluding hydrogens is 466 g/mol. The van der Waals surface area contributed by atoms with E-state index < -0.39 is 11.9 Å². The molecule has 6 nitrogen and oxygen atoms in total. The number of hydrogen-bond acceptors (Lipinski definition) is 6. The highest BCUT2D eigenvalue weighted by atomic mass is 35.5. The molecule has 2 aliphatic rings. The van der Waals surface area contributed by atoms with Crippen molar-refractivity contribution < 1.29 is 24.2 Å². The van der Waals surface area contributed by atoms with Crippen LogP contribution in [-0.2, 0) is 20.7 Å². The van der Waals surface area contributed by atoms with Crippen LogP contribution >= 0.6 is 11.6 Å². The number of allylic oxidation sites excluding steroid dienone is 3. The third-order valence-electron chi connectivity index (χ3n) is 6.78. The van der Waals surface area contributed by atoms with E-state index in [0.717, 1.165) is 17.7 Å². The average molecular weight is 496 g/mol. The number of ketones is 1. The first-order valence-electron chi connectivity index (χ1n) is 11.8. The minimum absolute atomic E-state index is 0.0372. The number of Topliss-reactive ketones (excluding diaryl/α,β-unsaturated/α-hetero) is 1. The summed E-state index contributed by atoms with van der Waals surface area (Å²) < 4.78 is 10.7. The van der Waals surface area contributed by atoms with E-state index in [9.17, 15) is 14.7 Å². The summed E-state index contributed by atoms with van der Waals surface area (Å²) in [6, 6.07) is 11.6. The fourth-order valence-corrected chi connectivity index (χ4v) is 5.26. The van der Waals surface area contributed by atoms with Crippen molar-refractivity contribution in [3.05, 3.63) is 80.7 Å². The molecule has 0 radical (unpaired) electrons. The molecule has 0 amide bonds. The number of rotatable bonds is 6. The normalized spacial score (nSPS) is 19.9. The van der Waals surface area contributed by atoms with Gasteiger partial charge in [0.15, 0.2) is 17.3 Å². The quantitative estimate of drug-likeness (QED) is 0.512. The Morgan fingerprint density at radius 1 is 1.14 bits per heavy atom. The Bertz CT molecular complexity index is 1230. The molecular formula is C28H30ClNO5. The zero-order valence-corrected chi connectivity index (χ0v) is 21.2. The van der Waals surface area contributed by atoms with Gasteiger partial charge in [-0.1, -0.05) is 42.8 Å². The van der Waals surface area contributed by atoms with E-state index in [2.05, 4.69) is 36.5 Å². The molecule has 2 N–H and O–H groups in total. The fourth-order valence-electron chi connectivity index (χ4n) is 5.04. The number of aromatic hydroxyl groups is 1.